The Morgan fingerprint density at radius 2 is 1.93 bits per heavy atom. The van der Waals surface area contributed by atoms with Gasteiger partial charge in [-0.15, -0.1) is 0 Å². The summed E-state index contributed by atoms with van der Waals surface area (Å²) in [5, 5.41) is 12.8. The fraction of sp³-hybridized carbons (Fsp3) is 0.591. The number of rotatable bonds is 4. The van der Waals surface area contributed by atoms with Crippen LogP contribution >= 0.6 is 0 Å². The highest BCUT2D eigenvalue weighted by Crippen LogP contribution is 2.52. The zero-order chi connectivity index (χ0) is 20.2. The molecule has 1 aliphatic heterocycles. The molecule has 0 unspecified atom stereocenters. The summed E-state index contributed by atoms with van der Waals surface area (Å²) < 4.78 is 2.28. The van der Waals surface area contributed by atoms with Crippen LogP contribution in [-0.2, 0) is 19.5 Å². The van der Waals surface area contributed by atoms with E-state index in [2.05, 4.69) is 21.5 Å². The molecule has 5 N–H and O–H groups in total. The summed E-state index contributed by atoms with van der Waals surface area (Å²) in [5.41, 5.74) is 18.5. The van der Waals surface area contributed by atoms with Gasteiger partial charge in [0, 0.05) is 55.3 Å². The largest absolute Gasteiger partial charge is 0.383 e. The Bertz CT molecular complexity index is 936. The number of hydrogen-bond acceptors (Lipinski definition) is 6. The predicted molar refractivity (Wildman–Crippen MR) is 115 cm³/mol. The van der Waals surface area contributed by atoms with Crippen molar-refractivity contribution < 1.29 is 0 Å². The van der Waals surface area contributed by atoms with Gasteiger partial charge in [0.2, 0.25) is 0 Å². The molecule has 0 spiro atoms. The highest BCUT2D eigenvalue weighted by molar-refractivity contribution is 5.91. The molecule has 2 bridgehead atoms. The minimum atomic E-state index is 0.111. The molecule has 2 aromatic rings. The molecule has 4 aliphatic rings. The van der Waals surface area contributed by atoms with Crippen LogP contribution in [-0.4, -0.2) is 33.1 Å². The normalized spacial score (nSPS) is 28.4. The lowest BCUT2D eigenvalue weighted by Gasteiger charge is -2.52. The van der Waals surface area contributed by atoms with Crippen molar-refractivity contribution in [3.8, 4) is 0 Å². The molecule has 0 aromatic carbocycles. The summed E-state index contributed by atoms with van der Waals surface area (Å²) in [6, 6.07) is 1.96. The maximum Gasteiger partial charge on any atom is 0.134 e. The van der Waals surface area contributed by atoms with Gasteiger partial charge in [0.15, 0.2) is 0 Å². The van der Waals surface area contributed by atoms with E-state index >= 15 is 0 Å². The van der Waals surface area contributed by atoms with Gasteiger partial charge in [0.1, 0.15) is 5.82 Å². The average Bonchev–Trinajstić information content (AvgIpc) is 3.03. The summed E-state index contributed by atoms with van der Waals surface area (Å²) in [4.78, 5) is 6.44. The molecule has 3 aliphatic carbocycles. The molecule has 154 valence electrons. The van der Waals surface area contributed by atoms with Crippen molar-refractivity contribution in [2.45, 2.75) is 70.5 Å². The second kappa shape index (κ2) is 6.55. The van der Waals surface area contributed by atoms with Crippen molar-refractivity contribution in [3.05, 3.63) is 34.8 Å². The Morgan fingerprint density at radius 3 is 2.62 bits per heavy atom. The number of pyridine rings is 1. The Balaban J connectivity index is 1.40. The van der Waals surface area contributed by atoms with Crippen molar-refractivity contribution in [2.75, 3.05) is 17.2 Å². The van der Waals surface area contributed by atoms with Crippen LogP contribution in [0.2, 0.25) is 0 Å². The molecule has 0 radical (unpaired) electrons. The molecule has 0 saturated heterocycles. The predicted octanol–water partition coefficient (Wildman–Crippen LogP) is 2.78. The van der Waals surface area contributed by atoms with Crippen LogP contribution in [0.5, 0.6) is 0 Å². The van der Waals surface area contributed by atoms with Crippen molar-refractivity contribution in [1.29, 1.82) is 5.41 Å². The van der Waals surface area contributed by atoms with Crippen LogP contribution in [0.4, 0.5) is 11.5 Å². The first-order chi connectivity index (χ1) is 13.9. The molecule has 2 aromatic heterocycles. The monoisotopic (exact) mass is 393 g/mol. The number of hydrogen-bond donors (Lipinski definition) is 3. The third kappa shape index (κ3) is 3.03. The lowest BCUT2D eigenvalue weighted by atomic mass is 9.57. The van der Waals surface area contributed by atoms with Crippen molar-refractivity contribution in [3.63, 3.8) is 0 Å². The zero-order valence-corrected chi connectivity index (χ0v) is 17.2. The van der Waals surface area contributed by atoms with E-state index in [1.807, 2.05) is 6.07 Å². The summed E-state index contributed by atoms with van der Waals surface area (Å²) in [6.07, 6.45) is 11.2. The minimum absolute atomic E-state index is 0.111. The summed E-state index contributed by atoms with van der Waals surface area (Å²) in [6.45, 7) is 4.93. The van der Waals surface area contributed by atoms with Gasteiger partial charge in [-0.05, 0) is 56.9 Å². The van der Waals surface area contributed by atoms with Crippen molar-refractivity contribution in [1.82, 2.24) is 14.8 Å². The fourth-order valence-corrected chi connectivity index (χ4v) is 5.67. The molecule has 3 saturated carbocycles. The van der Waals surface area contributed by atoms with Crippen LogP contribution in [0.3, 0.4) is 0 Å². The second-order valence-electron chi connectivity index (χ2n) is 9.48. The Morgan fingerprint density at radius 1 is 1.21 bits per heavy atom. The topological polar surface area (TPSA) is 110 Å². The quantitative estimate of drug-likeness (QED) is 0.692. The van der Waals surface area contributed by atoms with Gasteiger partial charge < -0.3 is 21.8 Å². The smallest absolute Gasteiger partial charge is 0.134 e. The van der Waals surface area contributed by atoms with Crippen LogP contribution in [0.25, 0.3) is 0 Å². The van der Waals surface area contributed by atoms with Gasteiger partial charge in [-0.3, -0.25) is 4.68 Å². The van der Waals surface area contributed by atoms with Crippen LogP contribution in [0, 0.1) is 17.7 Å². The first kappa shape index (κ1) is 18.6. The highest BCUT2D eigenvalue weighted by atomic mass is 15.3. The molecule has 29 heavy (non-hydrogen) atoms. The fourth-order valence-electron chi connectivity index (χ4n) is 5.67. The SMILES string of the molecule is Cc1c2c(nn1CC13CCC(N)(CC1)CC3)CCN(c1ccnc(N)c1C=N)C2. The Labute approximate surface area is 172 Å². The maximum atomic E-state index is 7.74. The average molecular weight is 394 g/mol. The van der Waals surface area contributed by atoms with E-state index in [0.29, 0.717) is 16.8 Å². The van der Waals surface area contributed by atoms with Crippen LogP contribution in [0.15, 0.2) is 12.3 Å². The van der Waals surface area contributed by atoms with E-state index in [0.717, 1.165) is 51.0 Å². The zero-order valence-electron chi connectivity index (χ0n) is 17.2. The number of nitrogen functional groups attached to an aromatic ring is 1. The van der Waals surface area contributed by atoms with Crippen LogP contribution in [0.1, 0.15) is 61.0 Å². The van der Waals surface area contributed by atoms with Crippen molar-refractivity contribution >= 4 is 17.7 Å². The molecule has 7 heteroatoms. The minimum Gasteiger partial charge on any atom is -0.383 e. The summed E-state index contributed by atoms with van der Waals surface area (Å²) >= 11 is 0. The van der Waals surface area contributed by atoms with E-state index in [1.165, 1.54) is 42.4 Å². The molecule has 6 rings (SSSR count). The number of aromatic nitrogens is 3. The summed E-state index contributed by atoms with van der Waals surface area (Å²) in [5.74, 6) is 0.417. The molecule has 3 heterocycles. The molecule has 0 atom stereocenters. The number of nitrogens with two attached hydrogens (primary N) is 2. The van der Waals surface area contributed by atoms with E-state index in [4.69, 9.17) is 22.0 Å². The third-order valence-electron chi connectivity index (χ3n) is 7.81. The summed E-state index contributed by atoms with van der Waals surface area (Å²) in [7, 11) is 0. The second-order valence-corrected chi connectivity index (χ2v) is 9.48. The van der Waals surface area contributed by atoms with Gasteiger partial charge in [-0.1, -0.05) is 0 Å². The first-order valence-electron chi connectivity index (χ1n) is 10.8. The highest BCUT2D eigenvalue weighted by Gasteiger charge is 2.47. The van der Waals surface area contributed by atoms with E-state index in [1.54, 1.807) is 6.20 Å². The molecule has 3 fully saturated rings. The number of fused-ring (bicyclic) bond motifs is 4. The van der Waals surface area contributed by atoms with Crippen LogP contribution < -0.4 is 16.4 Å². The lowest BCUT2D eigenvalue weighted by Crippen LogP contribution is -2.53. The number of nitrogens with zero attached hydrogens (tertiary/aromatic N) is 4. The first-order valence-corrected chi connectivity index (χ1v) is 10.8. The van der Waals surface area contributed by atoms with Gasteiger partial charge in [-0.25, -0.2) is 4.98 Å². The van der Waals surface area contributed by atoms with E-state index < -0.39 is 0 Å². The number of anilines is 2. The lowest BCUT2D eigenvalue weighted by molar-refractivity contribution is 0.0265. The molecule has 7 nitrogen and oxygen atoms in total. The third-order valence-corrected chi connectivity index (χ3v) is 7.81. The number of nitrogens with one attached hydrogen (secondary N) is 1. The Kier molecular flexibility index (Phi) is 4.21. The molecular formula is C22H31N7. The van der Waals surface area contributed by atoms with Gasteiger partial charge in [0.05, 0.1) is 16.9 Å². The Hall–Kier alpha value is -2.41. The molecular weight excluding hydrogens is 362 g/mol. The van der Waals surface area contributed by atoms with E-state index in [-0.39, 0.29) is 5.54 Å². The standard InChI is InChI=1S/C22H31N7/c1-15-17-13-28(19-2-10-26-20(24)16(19)12-23)11-3-18(17)27-29(15)14-21-4-7-22(25,8-5-21)9-6-21/h2,10,12,23H,3-9,11,13-14,25H2,1H3,(H2,24,26). The van der Waals surface area contributed by atoms with E-state index in [9.17, 15) is 0 Å². The van der Waals surface area contributed by atoms with Gasteiger partial charge >= 0.3 is 0 Å². The molecule has 0 amide bonds. The van der Waals surface area contributed by atoms with Gasteiger partial charge in [0.25, 0.3) is 0 Å². The van der Waals surface area contributed by atoms with Crippen molar-refractivity contribution in [2.24, 2.45) is 11.1 Å². The van der Waals surface area contributed by atoms with Gasteiger partial charge in [-0.2, -0.15) is 5.10 Å². The maximum absolute atomic E-state index is 7.74.